The third kappa shape index (κ3) is 6.76. The molecule has 31 heavy (non-hydrogen) atoms. The van der Waals surface area contributed by atoms with E-state index < -0.39 is 0 Å². The van der Waals surface area contributed by atoms with E-state index in [-0.39, 0.29) is 6.04 Å². The minimum atomic E-state index is -0.295. The highest BCUT2D eigenvalue weighted by Gasteiger charge is 2.17. The lowest BCUT2D eigenvalue weighted by Gasteiger charge is -2.17. The predicted molar refractivity (Wildman–Crippen MR) is 130 cm³/mol. The summed E-state index contributed by atoms with van der Waals surface area (Å²) < 4.78 is 0. The van der Waals surface area contributed by atoms with Crippen LogP contribution in [0.15, 0.2) is 48.7 Å². The third-order valence-electron chi connectivity index (χ3n) is 6.11. The Kier molecular flexibility index (Phi) is 9.29. The summed E-state index contributed by atoms with van der Waals surface area (Å²) in [5.74, 6) is 0. The Balaban J connectivity index is 1.80. The van der Waals surface area contributed by atoms with Crippen molar-refractivity contribution < 1.29 is 0 Å². The molecule has 0 aliphatic carbocycles. The van der Waals surface area contributed by atoms with Crippen LogP contribution < -0.4 is 5.73 Å². The van der Waals surface area contributed by atoms with Gasteiger partial charge in [-0.2, -0.15) is 0 Å². The van der Waals surface area contributed by atoms with Crippen LogP contribution in [0, 0.1) is 0 Å². The van der Waals surface area contributed by atoms with Gasteiger partial charge >= 0.3 is 0 Å². The lowest BCUT2D eigenvalue weighted by atomic mass is 9.90. The Hall–Kier alpha value is -2.46. The second-order valence-corrected chi connectivity index (χ2v) is 8.62. The van der Waals surface area contributed by atoms with Crippen molar-refractivity contribution in [3.05, 3.63) is 71.0 Å². The standard InChI is InChI=1S/C27H38N4/c1-3-5-7-8-9-10-12-22-15-18-24(27(28)26-20-29-31-30-26)25(19-22)23-16-13-21(14-17-23)11-6-4-2/h13-20,27H,3-12,28H2,1-2H3,(H,29,30,31). The average Bonchev–Trinajstić information content (AvgIpc) is 3.35. The highest BCUT2D eigenvalue weighted by Crippen LogP contribution is 2.32. The van der Waals surface area contributed by atoms with Crippen LogP contribution in [-0.4, -0.2) is 15.4 Å². The van der Waals surface area contributed by atoms with Gasteiger partial charge in [0.25, 0.3) is 0 Å². The van der Waals surface area contributed by atoms with Crippen LogP contribution >= 0.6 is 0 Å². The summed E-state index contributed by atoms with van der Waals surface area (Å²) in [5, 5.41) is 10.8. The molecule has 1 unspecified atom stereocenters. The van der Waals surface area contributed by atoms with E-state index in [0.717, 1.165) is 24.1 Å². The van der Waals surface area contributed by atoms with E-state index in [9.17, 15) is 0 Å². The quantitative estimate of drug-likeness (QED) is 0.301. The van der Waals surface area contributed by atoms with Gasteiger partial charge in [-0.3, -0.25) is 5.10 Å². The molecule has 4 heteroatoms. The van der Waals surface area contributed by atoms with Gasteiger partial charge in [0.2, 0.25) is 0 Å². The van der Waals surface area contributed by atoms with Crippen LogP contribution in [0.25, 0.3) is 11.1 Å². The van der Waals surface area contributed by atoms with Gasteiger partial charge in [-0.15, -0.1) is 5.10 Å². The molecule has 0 aliphatic heterocycles. The van der Waals surface area contributed by atoms with Crippen LogP contribution in [0.3, 0.4) is 0 Å². The van der Waals surface area contributed by atoms with Gasteiger partial charge in [0.05, 0.1) is 6.04 Å². The fraction of sp³-hybridized carbons (Fsp3) is 0.481. The third-order valence-corrected chi connectivity index (χ3v) is 6.11. The van der Waals surface area contributed by atoms with Gasteiger partial charge in [0.15, 0.2) is 0 Å². The number of benzene rings is 2. The summed E-state index contributed by atoms with van der Waals surface area (Å²) in [5.41, 5.74) is 13.7. The fourth-order valence-corrected chi connectivity index (χ4v) is 4.14. The minimum Gasteiger partial charge on any atom is -0.319 e. The van der Waals surface area contributed by atoms with Crippen molar-refractivity contribution in [1.82, 2.24) is 15.4 Å². The molecule has 0 fully saturated rings. The second-order valence-electron chi connectivity index (χ2n) is 8.62. The number of rotatable bonds is 13. The number of nitrogens with two attached hydrogens (primary N) is 1. The maximum Gasteiger partial charge on any atom is 0.104 e. The fourth-order valence-electron chi connectivity index (χ4n) is 4.14. The Labute approximate surface area is 187 Å². The highest BCUT2D eigenvalue weighted by molar-refractivity contribution is 5.69. The van der Waals surface area contributed by atoms with Crippen LogP contribution in [0.1, 0.15) is 93.6 Å². The van der Waals surface area contributed by atoms with Gasteiger partial charge in [-0.05, 0) is 53.5 Å². The molecule has 0 bridgehead atoms. The molecule has 3 rings (SSSR count). The number of nitrogens with zero attached hydrogens (tertiary/aromatic N) is 2. The smallest absolute Gasteiger partial charge is 0.104 e. The summed E-state index contributed by atoms with van der Waals surface area (Å²) in [6, 6.07) is 15.5. The number of H-pyrrole nitrogens is 1. The summed E-state index contributed by atoms with van der Waals surface area (Å²) in [6.07, 6.45) is 14.4. The topological polar surface area (TPSA) is 67.6 Å². The molecule has 1 atom stereocenters. The van der Waals surface area contributed by atoms with E-state index in [2.05, 4.69) is 71.7 Å². The van der Waals surface area contributed by atoms with E-state index in [0.29, 0.717) is 0 Å². The molecule has 2 aromatic carbocycles. The first-order valence-corrected chi connectivity index (χ1v) is 12.1. The summed E-state index contributed by atoms with van der Waals surface area (Å²) in [6.45, 7) is 4.50. The monoisotopic (exact) mass is 418 g/mol. The van der Waals surface area contributed by atoms with Crippen molar-refractivity contribution >= 4 is 0 Å². The Morgan fingerprint density at radius 2 is 1.48 bits per heavy atom. The zero-order chi connectivity index (χ0) is 21.9. The Morgan fingerprint density at radius 1 is 0.806 bits per heavy atom. The molecule has 0 radical (unpaired) electrons. The largest absolute Gasteiger partial charge is 0.319 e. The zero-order valence-electron chi connectivity index (χ0n) is 19.2. The number of aromatic amines is 1. The predicted octanol–water partition coefficient (Wildman–Crippen LogP) is 6.77. The summed E-state index contributed by atoms with van der Waals surface area (Å²) in [7, 11) is 0. The molecule has 0 spiro atoms. The molecule has 1 heterocycles. The number of nitrogens with one attached hydrogen (secondary N) is 1. The van der Waals surface area contributed by atoms with Crippen LogP contribution in [0.5, 0.6) is 0 Å². The molecule has 3 aromatic rings. The number of aryl methyl sites for hydroxylation is 2. The molecule has 0 aliphatic rings. The van der Waals surface area contributed by atoms with Gasteiger partial charge in [0.1, 0.15) is 5.69 Å². The van der Waals surface area contributed by atoms with Crippen molar-refractivity contribution in [2.24, 2.45) is 5.73 Å². The van der Waals surface area contributed by atoms with E-state index >= 15 is 0 Å². The van der Waals surface area contributed by atoms with E-state index in [1.165, 1.54) is 73.6 Å². The molecular weight excluding hydrogens is 380 g/mol. The number of aromatic nitrogens is 3. The van der Waals surface area contributed by atoms with Crippen LogP contribution in [0.4, 0.5) is 0 Å². The number of hydrogen-bond donors (Lipinski definition) is 2. The Morgan fingerprint density at radius 3 is 2.19 bits per heavy atom. The maximum atomic E-state index is 6.59. The molecule has 0 saturated heterocycles. The van der Waals surface area contributed by atoms with E-state index in [1.54, 1.807) is 6.20 Å². The SMILES string of the molecule is CCCCCCCCc1ccc(C(N)c2c[nH]nn2)c(-c2ccc(CCCC)cc2)c1. The lowest BCUT2D eigenvalue weighted by molar-refractivity contribution is 0.607. The second kappa shape index (κ2) is 12.4. The first-order chi connectivity index (χ1) is 15.2. The van der Waals surface area contributed by atoms with Crippen LogP contribution in [0.2, 0.25) is 0 Å². The number of hydrogen-bond acceptors (Lipinski definition) is 3. The van der Waals surface area contributed by atoms with Crippen molar-refractivity contribution in [2.45, 2.75) is 84.1 Å². The molecular formula is C27H38N4. The van der Waals surface area contributed by atoms with Crippen LogP contribution in [-0.2, 0) is 12.8 Å². The van der Waals surface area contributed by atoms with Gasteiger partial charge in [-0.25, -0.2) is 0 Å². The Bertz CT molecular complexity index is 884. The van der Waals surface area contributed by atoms with Gasteiger partial charge < -0.3 is 5.73 Å². The molecule has 4 nitrogen and oxygen atoms in total. The minimum absolute atomic E-state index is 0.295. The molecule has 1 aromatic heterocycles. The first-order valence-electron chi connectivity index (χ1n) is 12.1. The summed E-state index contributed by atoms with van der Waals surface area (Å²) >= 11 is 0. The normalized spacial score (nSPS) is 12.2. The van der Waals surface area contributed by atoms with Gasteiger partial charge in [0, 0.05) is 6.20 Å². The van der Waals surface area contributed by atoms with Crippen molar-refractivity contribution in [3.63, 3.8) is 0 Å². The first kappa shape index (κ1) is 23.2. The van der Waals surface area contributed by atoms with Gasteiger partial charge in [-0.1, -0.05) is 100 Å². The number of unbranched alkanes of at least 4 members (excludes halogenated alkanes) is 6. The zero-order valence-corrected chi connectivity index (χ0v) is 19.2. The maximum absolute atomic E-state index is 6.59. The molecule has 3 N–H and O–H groups in total. The highest BCUT2D eigenvalue weighted by atomic mass is 15.3. The summed E-state index contributed by atoms with van der Waals surface area (Å²) in [4.78, 5) is 0. The molecule has 0 amide bonds. The van der Waals surface area contributed by atoms with E-state index in [1.807, 2.05) is 0 Å². The van der Waals surface area contributed by atoms with Crippen molar-refractivity contribution in [1.29, 1.82) is 0 Å². The molecule has 166 valence electrons. The molecule has 0 saturated carbocycles. The average molecular weight is 419 g/mol. The van der Waals surface area contributed by atoms with Crippen molar-refractivity contribution in [3.8, 4) is 11.1 Å². The van der Waals surface area contributed by atoms with Crippen molar-refractivity contribution in [2.75, 3.05) is 0 Å². The lowest BCUT2D eigenvalue weighted by Crippen LogP contribution is -2.14. The van der Waals surface area contributed by atoms with E-state index in [4.69, 9.17) is 5.73 Å².